The molecule has 0 radical (unpaired) electrons. The minimum Gasteiger partial charge on any atom is -0.447 e. The predicted octanol–water partition coefficient (Wildman–Crippen LogP) is 3.19. The van der Waals surface area contributed by atoms with Gasteiger partial charge in [0.1, 0.15) is 12.3 Å². The average molecular weight is 493 g/mol. The molecule has 2 amide bonds. The van der Waals surface area contributed by atoms with Crippen LogP contribution in [0, 0.1) is 5.41 Å². The monoisotopic (exact) mass is 492 g/mol. The van der Waals surface area contributed by atoms with Gasteiger partial charge in [-0.2, -0.15) is 0 Å². The van der Waals surface area contributed by atoms with Gasteiger partial charge in [0.25, 0.3) is 5.91 Å². The second kappa shape index (κ2) is 10.5. The summed E-state index contributed by atoms with van der Waals surface area (Å²) in [6.45, 7) is 7.31. The summed E-state index contributed by atoms with van der Waals surface area (Å²) in [7, 11) is 0. The minimum absolute atomic E-state index is 0.170. The minimum atomic E-state index is -1.17. The van der Waals surface area contributed by atoms with E-state index in [1.54, 1.807) is 35.2 Å². The third kappa shape index (κ3) is 6.12. The van der Waals surface area contributed by atoms with Crippen molar-refractivity contribution >= 4 is 47.6 Å². The normalized spacial score (nSPS) is 21.8. The summed E-state index contributed by atoms with van der Waals surface area (Å²) in [5.74, 6) is 0.586. The number of carbonyl (C=O) groups is 4. The van der Waals surface area contributed by atoms with E-state index in [0.29, 0.717) is 18.5 Å². The van der Waals surface area contributed by atoms with E-state index in [0.717, 1.165) is 24.2 Å². The lowest BCUT2D eigenvalue weighted by molar-refractivity contribution is -0.156. The van der Waals surface area contributed by atoms with Crippen molar-refractivity contribution in [3.05, 3.63) is 35.9 Å². The maximum absolute atomic E-state index is 13.7. The molecule has 33 heavy (non-hydrogen) atoms. The molecule has 9 heteroatoms. The molecular formula is C24H32N2O5S2. The van der Waals surface area contributed by atoms with E-state index in [-0.39, 0.29) is 9.99 Å². The van der Waals surface area contributed by atoms with Gasteiger partial charge in [0.05, 0.1) is 10.1 Å². The number of hydrogen-bond acceptors (Lipinski definition) is 7. The molecule has 2 aliphatic rings. The van der Waals surface area contributed by atoms with Crippen molar-refractivity contribution in [3.8, 4) is 0 Å². The second-order valence-corrected chi connectivity index (χ2v) is 12.8. The first-order valence-electron chi connectivity index (χ1n) is 11.1. The zero-order valence-electron chi connectivity index (χ0n) is 19.5. The highest BCUT2D eigenvalue weighted by molar-refractivity contribution is 8.18. The van der Waals surface area contributed by atoms with E-state index in [1.165, 1.54) is 6.92 Å². The van der Waals surface area contributed by atoms with E-state index in [1.807, 2.05) is 44.3 Å². The molecule has 0 saturated carbocycles. The molecule has 2 heterocycles. The Hall–Kier alpha value is -2.00. The van der Waals surface area contributed by atoms with Crippen LogP contribution in [0.3, 0.4) is 0 Å². The second-order valence-electron chi connectivity index (χ2n) is 9.54. The van der Waals surface area contributed by atoms with Crippen molar-refractivity contribution in [3.63, 3.8) is 0 Å². The number of thioether (sulfide) groups is 2. The van der Waals surface area contributed by atoms with Gasteiger partial charge in [-0.05, 0) is 23.3 Å². The molecule has 3 atom stereocenters. The number of esters is 1. The standard InChI is InChI=1S/C24H32N2O5S2/c1-16(28)31-19(17-9-6-5-7-10-17)21(29)25-20(23(2,3)4)22(30)26-15-24(13-18(26)14-27)32-11-8-12-33-24/h5-7,9-10,14,18-20H,8,11-13,15H2,1-4H3,(H,25,29)/t18-,19?,20?/m0/s1. The molecule has 7 nitrogen and oxygen atoms in total. The fourth-order valence-electron chi connectivity index (χ4n) is 4.16. The van der Waals surface area contributed by atoms with Gasteiger partial charge in [-0.3, -0.25) is 14.4 Å². The lowest BCUT2D eigenvalue weighted by Gasteiger charge is -2.36. The lowest BCUT2D eigenvalue weighted by atomic mass is 9.85. The van der Waals surface area contributed by atoms with Crippen LogP contribution in [-0.4, -0.2) is 63.2 Å². The number of nitrogens with zero attached hydrogens (tertiary/aromatic N) is 1. The molecule has 2 unspecified atom stereocenters. The van der Waals surface area contributed by atoms with Gasteiger partial charge >= 0.3 is 5.97 Å². The van der Waals surface area contributed by atoms with E-state index < -0.39 is 35.5 Å². The topological polar surface area (TPSA) is 92.8 Å². The summed E-state index contributed by atoms with van der Waals surface area (Å²) < 4.78 is 5.14. The number of aldehydes is 1. The van der Waals surface area contributed by atoms with Crippen LogP contribution in [0.4, 0.5) is 0 Å². The van der Waals surface area contributed by atoms with Crippen LogP contribution in [0.2, 0.25) is 0 Å². The van der Waals surface area contributed by atoms with Gasteiger partial charge in [0, 0.05) is 25.5 Å². The van der Waals surface area contributed by atoms with E-state index in [2.05, 4.69) is 5.32 Å². The number of carbonyl (C=O) groups excluding carboxylic acids is 4. The Bertz CT molecular complexity index is 881. The molecule has 1 aromatic carbocycles. The van der Waals surface area contributed by atoms with Gasteiger partial charge in [0.15, 0.2) is 0 Å². The van der Waals surface area contributed by atoms with Crippen LogP contribution in [-0.2, 0) is 23.9 Å². The smallest absolute Gasteiger partial charge is 0.303 e. The maximum atomic E-state index is 13.7. The molecular weight excluding hydrogens is 460 g/mol. The Morgan fingerprint density at radius 3 is 2.36 bits per heavy atom. The molecule has 180 valence electrons. The lowest BCUT2D eigenvalue weighted by Crippen LogP contribution is -2.57. The first kappa shape index (κ1) is 25.6. The highest BCUT2D eigenvalue weighted by atomic mass is 32.2. The Morgan fingerprint density at radius 1 is 1.18 bits per heavy atom. The highest BCUT2D eigenvalue weighted by Gasteiger charge is 2.50. The summed E-state index contributed by atoms with van der Waals surface area (Å²) in [4.78, 5) is 52.2. The summed E-state index contributed by atoms with van der Waals surface area (Å²) in [6, 6.07) is 7.31. The number of benzene rings is 1. The van der Waals surface area contributed by atoms with Gasteiger partial charge in [-0.1, -0.05) is 51.1 Å². The highest BCUT2D eigenvalue weighted by Crippen LogP contribution is 2.50. The van der Waals surface area contributed by atoms with Crippen molar-refractivity contribution < 1.29 is 23.9 Å². The molecule has 2 saturated heterocycles. The Kier molecular flexibility index (Phi) is 8.16. The fourth-order valence-corrected chi connectivity index (χ4v) is 7.53. The van der Waals surface area contributed by atoms with Crippen LogP contribution in [0.1, 0.15) is 52.2 Å². The number of ether oxygens (including phenoxy) is 1. The van der Waals surface area contributed by atoms with Gasteiger partial charge in [0.2, 0.25) is 12.0 Å². The number of hydrogen-bond donors (Lipinski definition) is 1. The van der Waals surface area contributed by atoms with Crippen molar-refractivity contribution in [2.45, 2.75) is 62.8 Å². The predicted molar refractivity (Wildman–Crippen MR) is 131 cm³/mol. The third-order valence-electron chi connectivity index (χ3n) is 5.81. The summed E-state index contributed by atoms with van der Waals surface area (Å²) in [6.07, 6.45) is 1.41. The van der Waals surface area contributed by atoms with Crippen molar-refractivity contribution in [2.75, 3.05) is 18.1 Å². The Balaban J connectivity index is 1.84. The molecule has 0 aromatic heterocycles. The number of likely N-dealkylation sites (tertiary alicyclic amines) is 1. The first-order valence-corrected chi connectivity index (χ1v) is 13.1. The molecule has 1 N–H and O–H groups in total. The van der Waals surface area contributed by atoms with Crippen molar-refractivity contribution in [1.29, 1.82) is 0 Å². The molecule has 0 bridgehead atoms. The van der Waals surface area contributed by atoms with Crippen LogP contribution in [0.25, 0.3) is 0 Å². The molecule has 2 aliphatic heterocycles. The first-order chi connectivity index (χ1) is 15.6. The quantitative estimate of drug-likeness (QED) is 0.482. The molecule has 1 aromatic rings. The van der Waals surface area contributed by atoms with E-state index >= 15 is 0 Å². The van der Waals surface area contributed by atoms with Crippen LogP contribution >= 0.6 is 23.5 Å². The SMILES string of the molecule is CC(=O)OC(C(=O)NC(C(=O)N1CC2(C[C@H]1C=O)SCCCS2)C(C)(C)C)c1ccccc1. The van der Waals surface area contributed by atoms with Crippen molar-refractivity contribution in [1.82, 2.24) is 10.2 Å². The summed E-state index contributed by atoms with van der Waals surface area (Å²) in [5.41, 5.74) is -0.105. The molecule has 3 rings (SSSR count). The maximum Gasteiger partial charge on any atom is 0.303 e. The average Bonchev–Trinajstić information content (AvgIpc) is 3.13. The summed E-state index contributed by atoms with van der Waals surface area (Å²) in [5, 5.41) is 2.84. The van der Waals surface area contributed by atoms with Crippen LogP contribution in [0.15, 0.2) is 30.3 Å². The zero-order chi connectivity index (χ0) is 24.2. The zero-order valence-corrected chi connectivity index (χ0v) is 21.2. The number of amides is 2. The van der Waals surface area contributed by atoms with E-state index in [4.69, 9.17) is 4.74 Å². The largest absolute Gasteiger partial charge is 0.447 e. The van der Waals surface area contributed by atoms with Gasteiger partial charge < -0.3 is 19.7 Å². The van der Waals surface area contributed by atoms with Gasteiger partial charge in [-0.15, -0.1) is 23.5 Å². The van der Waals surface area contributed by atoms with E-state index in [9.17, 15) is 19.2 Å². The molecule has 2 fully saturated rings. The van der Waals surface area contributed by atoms with Crippen LogP contribution in [0.5, 0.6) is 0 Å². The summed E-state index contributed by atoms with van der Waals surface area (Å²) >= 11 is 3.64. The van der Waals surface area contributed by atoms with Crippen molar-refractivity contribution in [2.24, 2.45) is 5.41 Å². The van der Waals surface area contributed by atoms with Gasteiger partial charge in [-0.25, -0.2) is 0 Å². The Morgan fingerprint density at radius 2 is 1.82 bits per heavy atom. The molecule has 1 spiro atoms. The van der Waals surface area contributed by atoms with Crippen LogP contribution < -0.4 is 5.32 Å². The third-order valence-corrected chi connectivity index (χ3v) is 9.15. The number of nitrogens with one attached hydrogen (secondary N) is 1. The Labute approximate surface area is 203 Å². The number of rotatable bonds is 6. The molecule has 0 aliphatic carbocycles. The fraction of sp³-hybridized carbons (Fsp3) is 0.583.